The minimum Gasteiger partial charge on any atom is -0.444 e. The Morgan fingerprint density at radius 2 is 1.94 bits per heavy atom. The fraction of sp³-hybridized carbons (Fsp3) is 0.714. The fourth-order valence-electron chi connectivity index (χ4n) is 6.99. The van der Waals surface area contributed by atoms with E-state index in [-0.39, 0.29) is 35.6 Å². The van der Waals surface area contributed by atoms with Crippen molar-refractivity contribution in [2.45, 2.75) is 95.4 Å². The third-order valence-corrected chi connectivity index (χ3v) is 9.05. The number of amides is 2. The van der Waals surface area contributed by atoms with Gasteiger partial charge in [-0.15, -0.1) is 0 Å². The van der Waals surface area contributed by atoms with Gasteiger partial charge in [0.25, 0.3) is 0 Å². The molecular formula is C28H41N3O4. The average molecular weight is 484 g/mol. The SMILES string of the molecule is CCC(CC1CCC(C)N1C(=O)O[C@H]1CCOC1)N1CCC2(CC1)CN(C(C)=O)c1ccccc12. The smallest absolute Gasteiger partial charge is 0.410 e. The summed E-state index contributed by atoms with van der Waals surface area (Å²) in [7, 11) is 0. The van der Waals surface area contributed by atoms with Gasteiger partial charge in [0, 0.05) is 49.1 Å². The molecular weight excluding hydrogens is 442 g/mol. The van der Waals surface area contributed by atoms with Crippen molar-refractivity contribution in [1.29, 1.82) is 0 Å². The fourth-order valence-corrected chi connectivity index (χ4v) is 6.99. The first kappa shape index (κ1) is 24.6. The number of benzene rings is 1. The van der Waals surface area contributed by atoms with E-state index in [9.17, 15) is 9.59 Å². The number of likely N-dealkylation sites (tertiary alicyclic amines) is 2. The Balaban J connectivity index is 1.23. The van der Waals surface area contributed by atoms with E-state index in [1.54, 1.807) is 6.92 Å². The van der Waals surface area contributed by atoms with E-state index < -0.39 is 0 Å². The van der Waals surface area contributed by atoms with Crippen molar-refractivity contribution < 1.29 is 19.1 Å². The number of fused-ring (bicyclic) bond motifs is 2. The molecule has 3 unspecified atom stereocenters. The third kappa shape index (κ3) is 4.69. The first-order chi connectivity index (χ1) is 16.9. The second kappa shape index (κ2) is 10.1. The molecule has 7 heteroatoms. The van der Waals surface area contributed by atoms with Crippen molar-refractivity contribution in [3.8, 4) is 0 Å². The minimum absolute atomic E-state index is 0.0676. The number of carbonyl (C=O) groups excluding carboxylic acids is 2. The number of anilines is 1. The largest absolute Gasteiger partial charge is 0.444 e. The number of nitrogens with zero attached hydrogens (tertiary/aromatic N) is 3. The summed E-state index contributed by atoms with van der Waals surface area (Å²) in [5, 5.41) is 0. The molecule has 0 saturated carbocycles. The normalized spacial score (nSPS) is 28.9. The first-order valence-corrected chi connectivity index (χ1v) is 13.6. The Kier molecular flexibility index (Phi) is 7.09. The van der Waals surface area contributed by atoms with Crippen molar-refractivity contribution in [2.24, 2.45) is 0 Å². The molecule has 7 nitrogen and oxygen atoms in total. The molecule has 1 aromatic carbocycles. The Morgan fingerprint density at radius 1 is 1.17 bits per heavy atom. The monoisotopic (exact) mass is 483 g/mol. The Labute approximate surface area is 209 Å². The summed E-state index contributed by atoms with van der Waals surface area (Å²) in [6.07, 6.45) is 6.85. The van der Waals surface area contributed by atoms with Gasteiger partial charge in [0.2, 0.25) is 5.91 Å². The van der Waals surface area contributed by atoms with E-state index in [1.807, 2.05) is 15.9 Å². The van der Waals surface area contributed by atoms with Crippen molar-refractivity contribution >= 4 is 17.7 Å². The predicted molar refractivity (Wildman–Crippen MR) is 136 cm³/mol. The molecule has 4 aliphatic rings. The number of rotatable bonds is 5. The Hall–Kier alpha value is -2.12. The van der Waals surface area contributed by atoms with Gasteiger partial charge in [0.1, 0.15) is 6.10 Å². The standard InChI is InChI=1S/C28H41N3O4/c1-4-22(17-23-10-9-20(2)31(23)27(33)35-24-11-16-34-18-24)29-14-12-28(13-15-29)19-30(21(3)32)26-8-6-5-7-25(26)28/h5-8,20,22-24H,4,9-19H2,1-3H3/t20?,22?,23?,24-/m0/s1. The Morgan fingerprint density at radius 3 is 2.63 bits per heavy atom. The molecule has 4 heterocycles. The first-order valence-electron chi connectivity index (χ1n) is 13.6. The van der Waals surface area contributed by atoms with Gasteiger partial charge >= 0.3 is 6.09 Å². The van der Waals surface area contributed by atoms with Crippen LogP contribution in [0.3, 0.4) is 0 Å². The molecule has 1 aromatic rings. The molecule has 0 aromatic heterocycles. The quantitative estimate of drug-likeness (QED) is 0.624. The highest BCUT2D eigenvalue weighted by Gasteiger charge is 2.46. The lowest BCUT2D eigenvalue weighted by Crippen LogP contribution is -2.51. The molecule has 4 atom stereocenters. The van der Waals surface area contributed by atoms with Crippen LogP contribution < -0.4 is 4.90 Å². The van der Waals surface area contributed by atoms with E-state index in [0.29, 0.717) is 19.3 Å². The molecule has 1 spiro atoms. The van der Waals surface area contributed by atoms with Crippen molar-refractivity contribution in [3.05, 3.63) is 29.8 Å². The van der Waals surface area contributed by atoms with Gasteiger partial charge in [-0.1, -0.05) is 25.1 Å². The second-order valence-electron chi connectivity index (χ2n) is 11.1. The van der Waals surface area contributed by atoms with E-state index in [0.717, 1.165) is 70.3 Å². The van der Waals surface area contributed by atoms with Crippen molar-refractivity contribution in [1.82, 2.24) is 9.80 Å². The van der Waals surface area contributed by atoms with Crippen LogP contribution in [-0.4, -0.2) is 78.9 Å². The van der Waals surface area contributed by atoms with Crippen molar-refractivity contribution in [3.63, 3.8) is 0 Å². The lowest BCUT2D eigenvalue weighted by molar-refractivity contribution is -0.116. The van der Waals surface area contributed by atoms with E-state index in [4.69, 9.17) is 9.47 Å². The summed E-state index contributed by atoms with van der Waals surface area (Å²) in [5.41, 5.74) is 2.51. The highest BCUT2D eigenvalue weighted by molar-refractivity contribution is 5.94. The van der Waals surface area contributed by atoms with Crippen LogP contribution in [0.15, 0.2) is 24.3 Å². The van der Waals surface area contributed by atoms with Crippen LogP contribution in [0.1, 0.15) is 71.3 Å². The molecule has 0 aliphatic carbocycles. The van der Waals surface area contributed by atoms with Gasteiger partial charge in [-0.05, 0) is 70.2 Å². The van der Waals surface area contributed by atoms with Crippen LogP contribution in [0.2, 0.25) is 0 Å². The third-order valence-electron chi connectivity index (χ3n) is 9.05. The van der Waals surface area contributed by atoms with Crippen LogP contribution >= 0.6 is 0 Å². The van der Waals surface area contributed by atoms with Gasteiger partial charge in [-0.2, -0.15) is 0 Å². The van der Waals surface area contributed by atoms with Crippen LogP contribution in [0.5, 0.6) is 0 Å². The lowest BCUT2D eigenvalue weighted by Gasteiger charge is -2.44. The zero-order valence-electron chi connectivity index (χ0n) is 21.6. The molecule has 192 valence electrons. The number of ether oxygens (including phenoxy) is 2. The van der Waals surface area contributed by atoms with Crippen LogP contribution in [-0.2, 0) is 19.7 Å². The number of para-hydroxylation sites is 1. The van der Waals surface area contributed by atoms with Gasteiger partial charge in [-0.25, -0.2) is 4.79 Å². The summed E-state index contributed by atoms with van der Waals surface area (Å²) in [5.74, 6) is 0.134. The maximum atomic E-state index is 13.0. The van der Waals surface area contributed by atoms with E-state index in [1.165, 1.54) is 5.56 Å². The summed E-state index contributed by atoms with van der Waals surface area (Å²) in [6.45, 7) is 10.2. The van der Waals surface area contributed by atoms with Gasteiger partial charge in [0.15, 0.2) is 0 Å². The highest BCUT2D eigenvalue weighted by atomic mass is 16.6. The molecule has 4 aliphatic heterocycles. The molecule has 3 fully saturated rings. The topological polar surface area (TPSA) is 62.3 Å². The molecule has 3 saturated heterocycles. The molecule has 5 rings (SSSR count). The number of hydrogen-bond donors (Lipinski definition) is 0. The summed E-state index contributed by atoms with van der Waals surface area (Å²) >= 11 is 0. The zero-order valence-corrected chi connectivity index (χ0v) is 21.6. The number of carbonyl (C=O) groups is 2. The summed E-state index contributed by atoms with van der Waals surface area (Å²) < 4.78 is 11.2. The predicted octanol–water partition coefficient (Wildman–Crippen LogP) is 4.33. The summed E-state index contributed by atoms with van der Waals surface area (Å²) in [4.78, 5) is 32.0. The van der Waals surface area contributed by atoms with Crippen LogP contribution in [0.25, 0.3) is 0 Å². The van der Waals surface area contributed by atoms with E-state index >= 15 is 0 Å². The highest BCUT2D eigenvalue weighted by Crippen LogP contribution is 2.47. The van der Waals surface area contributed by atoms with Crippen LogP contribution in [0, 0.1) is 0 Å². The van der Waals surface area contributed by atoms with Gasteiger partial charge < -0.3 is 24.2 Å². The Bertz CT molecular complexity index is 923. The van der Waals surface area contributed by atoms with Gasteiger partial charge in [0.05, 0.1) is 13.2 Å². The maximum absolute atomic E-state index is 13.0. The number of piperidine rings is 1. The van der Waals surface area contributed by atoms with Crippen molar-refractivity contribution in [2.75, 3.05) is 37.7 Å². The van der Waals surface area contributed by atoms with Gasteiger partial charge in [-0.3, -0.25) is 4.79 Å². The average Bonchev–Trinajstić information content (AvgIpc) is 3.57. The summed E-state index contributed by atoms with van der Waals surface area (Å²) in [6, 6.07) is 9.38. The maximum Gasteiger partial charge on any atom is 0.410 e. The molecule has 0 bridgehead atoms. The number of hydrogen-bond acceptors (Lipinski definition) is 5. The molecule has 35 heavy (non-hydrogen) atoms. The molecule has 0 N–H and O–H groups in total. The minimum atomic E-state index is -0.158. The lowest BCUT2D eigenvalue weighted by atomic mass is 9.74. The molecule has 0 radical (unpaired) electrons. The van der Waals surface area contributed by atoms with E-state index in [2.05, 4.69) is 36.9 Å². The molecule has 2 amide bonds. The second-order valence-corrected chi connectivity index (χ2v) is 11.1. The zero-order chi connectivity index (χ0) is 24.6. The van der Waals surface area contributed by atoms with Crippen LogP contribution in [0.4, 0.5) is 10.5 Å².